The molecule has 0 aliphatic heterocycles. The molecule has 7 nitrogen and oxygen atoms in total. The number of unbranched alkanes of at least 4 members (excludes halogenated alkanes) is 1. The molecule has 0 spiro atoms. The first-order valence-corrected chi connectivity index (χ1v) is 12.3. The monoisotopic (exact) mass is 453 g/mol. The molecule has 1 aromatic heterocycles. The van der Waals surface area contributed by atoms with Crippen molar-refractivity contribution in [1.29, 1.82) is 0 Å². The summed E-state index contributed by atoms with van der Waals surface area (Å²) >= 11 is 3.18. The van der Waals surface area contributed by atoms with E-state index in [1.54, 1.807) is 11.8 Å². The molecule has 0 amide bonds. The van der Waals surface area contributed by atoms with Crippen molar-refractivity contribution in [1.82, 2.24) is 10.2 Å². The van der Waals surface area contributed by atoms with Gasteiger partial charge in [-0.25, -0.2) is 0 Å². The van der Waals surface area contributed by atoms with Gasteiger partial charge in [-0.05, 0) is 68.8 Å². The van der Waals surface area contributed by atoms with Crippen molar-refractivity contribution in [2.24, 2.45) is 20.5 Å². The van der Waals surface area contributed by atoms with Gasteiger partial charge in [0.15, 0.2) is 4.34 Å². The molecule has 0 aliphatic carbocycles. The summed E-state index contributed by atoms with van der Waals surface area (Å²) in [6, 6.07) is 15.6. The van der Waals surface area contributed by atoms with Crippen LogP contribution in [0.15, 0.2) is 73.3 Å². The quantitative estimate of drug-likeness (QED) is 0.167. The van der Waals surface area contributed by atoms with Crippen LogP contribution in [0.5, 0.6) is 0 Å². The molecule has 0 atom stereocenters. The van der Waals surface area contributed by atoms with Crippen molar-refractivity contribution in [2.45, 2.75) is 38.0 Å². The number of thioether (sulfide) groups is 1. The zero-order valence-corrected chi connectivity index (χ0v) is 19.7. The van der Waals surface area contributed by atoms with Crippen LogP contribution in [0.2, 0.25) is 0 Å². The molecule has 31 heavy (non-hydrogen) atoms. The van der Waals surface area contributed by atoms with Crippen LogP contribution < -0.4 is 4.90 Å². The van der Waals surface area contributed by atoms with Gasteiger partial charge in [-0.2, -0.15) is 10.2 Å². The maximum absolute atomic E-state index is 4.32. The molecule has 0 aliphatic rings. The van der Waals surface area contributed by atoms with Gasteiger partial charge in [0.1, 0.15) is 0 Å². The average Bonchev–Trinajstić information content (AvgIpc) is 3.26. The van der Waals surface area contributed by atoms with Crippen LogP contribution >= 0.6 is 23.1 Å². The molecule has 0 saturated carbocycles. The van der Waals surface area contributed by atoms with E-state index < -0.39 is 0 Å². The Bertz CT molecular complexity index is 978. The van der Waals surface area contributed by atoms with Gasteiger partial charge in [-0.1, -0.05) is 36.4 Å². The maximum atomic E-state index is 4.32. The normalized spacial score (nSPS) is 11.6. The van der Waals surface area contributed by atoms with E-state index in [9.17, 15) is 0 Å². The highest BCUT2D eigenvalue weighted by atomic mass is 32.2. The summed E-state index contributed by atoms with van der Waals surface area (Å²) in [7, 11) is 0. The average molecular weight is 454 g/mol. The van der Waals surface area contributed by atoms with E-state index in [4.69, 9.17) is 0 Å². The van der Waals surface area contributed by atoms with E-state index in [1.807, 2.05) is 36.4 Å². The number of hydrogen-bond acceptors (Lipinski definition) is 9. The molecule has 1 heterocycles. The lowest BCUT2D eigenvalue weighted by atomic mass is 10.2. The summed E-state index contributed by atoms with van der Waals surface area (Å²) in [6.45, 7) is 8.45. The van der Waals surface area contributed by atoms with Crippen molar-refractivity contribution < 1.29 is 0 Å². The zero-order valence-electron chi connectivity index (χ0n) is 18.1. The Hall–Kier alpha value is -2.65. The molecule has 2 aromatic carbocycles. The number of rotatable bonds is 11. The SMILES string of the molecule is CCCCSc1nnc(N=Nc2ccc(N=Nc3ccc(N(CC)CC)cc3)cc2)s1. The van der Waals surface area contributed by atoms with Crippen LogP contribution in [0, 0.1) is 0 Å². The predicted molar refractivity (Wildman–Crippen MR) is 130 cm³/mol. The van der Waals surface area contributed by atoms with Crippen molar-refractivity contribution in [3.8, 4) is 0 Å². The zero-order chi connectivity index (χ0) is 21.9. The van der Waals surface area contributed by atoms with Gasteiger partial charge in [-0.15, -0.1) is 20.4 Å². The number of anilines is 1. The number of aromatic nitrogens is 2. The molecule has 0 unspecified atom stereocenters. The predicted octanol–water partition coefficient (Wildman–Crippen LogP) is 8.11. The Balaban J connectivity index is 1.55. The Morgan fingerprint density at radius 3 is 1.87 bits per heavy atom. The van der Waals surface area contributed by atoms with Crippen LogP contribution in [-0.4, -0.2) is 29.0 Å². The Labute approximate surface area is 191 Å². The minimum absolute atomic E-state index is 0.566. The van der Waals surface area contributed by atoms with Crippen molar-refractivity contribution in [3.05, 3.63) is 48.5 Å². The van der Waals surface area contributed by atoms with E-state index in [0.29, 0.717) is 5.13 Å². The molecular formula is C22H27N7S2. The first kappa shape index (κ1) is 23.0. The number of nitrogens with zero attached hydrogens (tertiary/aromatic N) is 7. The molecule has 0 saturated heterocycles. The van der Waals surface area contributed by atoms with Gasteiger partial charge >= 0.3 is 0 Å². The van der Waals surface area contributed by atoms with Crippen LogP contribution in [0.25, 0.3) is 0 Å². The number of hydrogen-bond donors (Lipinski definition) is 0. The molecule has 0 bridgehead atoms. The third-order valence-electron chi connectivity index (χ3n) is 4.48. The number of azo groups is 2. The van der Waals surface area contributed by atoms with Gasteiger partial charge in [0.2, 0.25) is 0 Å². The fourth-order valence-electron chi connectivity index (χ4n) is 2.73. The maximum Gasteiger partial charge on any atom is 0.252 e. The van der Waals surface area contributed by atoms with E-state index in [2.05, 4.69) is 68.5 Å². The van der Waals surface area contributed by atoms with Gasteiger partial charge in [0.25, 0.3) is 5.13 Å². The minimum atomic E-state index is 0.566. The highest BCUT2D eigenvalue weighted by Gasteiger charge is 2.04. The molecule has 9 heteroatoms. The second-order valence-electron chi connectivity index (χ2n) is 6.66. The summed E-state index contributed by atoms with van der Waals surface area (Å²) in [5.41, 5.74) is 3.51. The Kier molecular flexibility index (Phi) is 9.11. The van der Waals surface area contributed by atoms with Crippen molar-refractivity contribution in [3.63, 3.8) is 0 Å². The van der Waals surface area contributed by atoms with Gasteiger partial charge in [-0.3, -0.25) is 0 Å². The van der Waals surface area contributed by atoms with E-state index in [1.165, 1.54) is 29.9 Å². The smallest absolute Gasteiger partial charge is 0.252 e. The van der Waals surface area contributed by atoms with Gasteiger partial charge in [0.05, 0.1) is 17.1 Å². The second-order valence-corrected chi connectivity index (χ2v) is 8.96. The third-order valence-corrected chi connectivity index (χ3v) is 6.51. The first-order chi connectivity index (χ1) is 15.2. The Morgan fingerprint density at radius 1 is 0.774 bits per heavy atom. The lowest BCUT2D eigenvalue weighted by Crippen LogP contribution is -2.21. The summed E-state index contributed by atoms with van der Waals surface area (Å²) in [5, 5.41) is 25.8. The molecule has 162 valence electrons. The Morgan fingerprint density at radius 2 is 1.32 bits per heavy atom. The summed E-state index contributed by atoms with van der Waals surface area (Å²) in [6.07, 6.45) is 2.35. The lowest BCUT2D eigenvalue weighted by molar-refractivity contribution is 0.866. The van der Waals surface area contributed by atoms with Crippen LogP contribution in [0.4, 0.5) is 27.9 Å². The second kappa shape index (κ2) is 12.3. The van der Waals surface area contributed by atoms with Crippen LogP contribution in [0.1, 0.15) is 33.6 Å². The van der Waals surface area contributed by atoms with Crippen LogP contribution in [0.3, 0.4) is 0 Å². The molecule has 0 N–H and O–H groups in total. The fourth-order valence-corrected chi connectivity index (χ4v) is 4.54. The lowest BCUT2D eigenvalue weighted by Gasteiger charge is -2.20. The summed E-state index contributed by atoms with van der Waals surface area (Å²) in [5.74, 6) is 1.05. The van der Waals surface area contributed by atoms with E-state index >= 15 is 0 Å². The van der Waals surface area contributed by atoms with E-state index in [-0.39, 0.29) is 0 Å². The molecule has 3 aromatic rings. The first-order valence-electron chi connectivity index (χ1n) is 10.5. The molecule has 0 fully saturated rings. The van der Waals surface area contributed by atoms with Gasteiger partial charge in [0, 0.05) is 24.5 Å². The number of benzene rings is 2. The van der Waals surface area contributed by atoms with E-state index in [0.717, 1.165) is 40.2 Å². The fraction of sp³-hybridized carbons (Fsp3) is 0.364. The van der Waals surface area contributed by atoms with Crippen LogP contribution in [-0.2, 0) is 0 Å². The highest BCUT2D eigenvalue weighted by molar-refractivity contribution is 8.01. The molecule has 0 radical (unpaired) electrons. The summed E-state index contributed by atoms with van der Waals surface area (Å²) in [4.78, 5) is 2.29. The molecule has 3 rings (SSSR count). The minimum Gasteiger partial charge on any atom is -0.372 e. The topological polar surface area (TPSA) is 78.5 Å². The molecular weight excluding hydrogens is 426 g/mol. The van der Waals surface area contributed by atoms with Crippen molar-refractivity contribution in [2.75, 3.05) is 23.7 Å². The van der Waals surface area contributed by atoms with Crippen molar-refractivity contribution >= 4 is 51.0 Å². The third kappa shape index (κ3) is 7.22. The van der Waals surface area contributed by atoms with Gasteiger partial charge < -0.3 is 4.90 Å². The summed E-state index contributed by atoms with van der Waals surface area (Å²) < 4.78 is 0.934. The largest absolute Gasteiger partial charge is 0.372 e. The standard InChI is InChI=1S/C22H27N7S2/c1-4-7-16-30-22-28-27-21(31-22)26-25-18-10-8-17(9-11-18)23-24-19-12-14-20(15-13-19)29(5-2)6-3/h8-15H,4-7,16H2,1-3H3. The highest BCUT2D eigenvalue weighted by Crippen LogP contribution is 2.29.